The summed E-state index contributed by atoms with van der Waals surface area (Å²) in [5, 5.41) is 3.29. The maximum absolute atomic E-state index is 12.3. The van der Waals surface area contributed by atoms with Crippen LogP contribution in [0.4, 0.5) is 5.69 Å². The molecule has 1 saturated heterocycles. The molecule has 3 rings (SSSR count). The van der Waals surface area contributed by atoms with Gasteiger partial charge in [0.2, 0.25) is 0 Å². The van der Waals surface area contributed by atoms with Gasteiger partial charge in [-0.25, -0.2) is 4.99 Å². The zero-order valence-electron chi connectivity index (χ0n) is 15.3. The Bertz CT molecular complexity index is 909. The number of thioether (sulfide) groups is 1. The normalized spacial score (nSPS) is 16.5. The molecule has 1 N–H and O–H groups in total. The van der Waals surface area contributed by atoms with Gasteiger partial charge in [0, 0.05) is 0 Å². The average Bonchev–Trinajstić information content (AvgIpc) is 3.02. The Morgan fingerprint density at radius 1 is 1.07 bits per heavy atom. The Labute approximate surface area is 162 Å². The van der Waals surface area contributed by atoms with E-state index in [0.29, 0.717) is 39.6 Å². The maximum Gasteiger partial charge on any atom is 0.264 e. The Hall–Kier alpha value is -2.93. The van der Waals surface area contributed by atoms with Gasteiger partial charge in [0.1, 0.15) is 11.4 Å². The summed E-state index contributed by atoms with van der Waals surface area (Å²) in [6, 6.07) is 12.9. The minimum absolute atomic E-state index is 0.193. The van der Waals surface area contributed by atoms with Gasteiger partial charge in [-0.1, -0.05) is 18.2 Å². The molecule has 0 unspecified atom stereocenters. The molecule has 6 nitrogen and oxygen atoms in total. The van der Waals surface area contributed by atoms with Crippen LogP contribution in [0.1, 0.15) is 12.5 Å². The van der Waals surface area contributed by atoms with Crippen LogP contribution in [-0.4, -0.2) is 31.9 Å². The molecule has 7 heteroatoms. The summed E-state index contributed by atoms with van der Waals surface area (Å²) in [5.74, 6) is 1.75. The summed E-state index contributed by atoms with van der Waals surface area (Å²) in [5.41, 5.74) is 1.50. The van der Waals surface area contributed by atoms with Crippen LogP contribution in [0.5, 0.6) is 17.2 Å². The second-order valence-corrected chi connectivity index (χ2v) is 6.53. The van der Waals surface area contributed by atoms with Crippen molar-refractivity contribution in [1.29, 1.82) is 0 Å². The molecular weight excluding hydrogens is 364 g/mol. The second-order valence-electron chi connectivity index (χ2n) is 5.50. The first-order valence-corrected chi connectivity index (χ1v) is 9.19. The zero-order valence-corrected chi connectivity index (χ0v) is 16.1. The van der Waals surface area contributed by atoms with Gasteiger partial charge in [0.25, 0.3) is 5.91 Å². The van der Waals surface area contributed by atoms with Crippen molar-refractivity contribution in [2.75, 3.05) is 20.8 Å². The van der Waals surface area contributed by atoms with Crippen molar-refractivity contribution in [3.05, 3.63) is 52.9 Å². The number of methoxy groups -OCH3 is 2. The van der Waals surface area contributed by atoms with Gasteiger partial charge in [-0.15, -0.1) is 0 Å². The number of amides is 1. The summed E-state index contributed by atoms with van der Waals surface area (Å²) in [7, 11) is 3.17. The molecule has 0 aliphatic carbocycles. The molecule has 0 saturated carbocycles. The third-order valence-electron chi connectivity index (χ3n) is 3.74. The van der Waals surface area contributed by atoms with E-state index in [1.807, 2.05) is 49.4 Å². The molecule has 2 aromatic carbocycles. The number of hydrogen-bond acceptors (Lipinski definition) is 6. The van der Waals surface area contributed by atoms with Crippen molar-refractivity contribution in [2.45, 2.75) is 6.92 Å². The lowest BCUT2D eigenvalue weighted by Crippen LogP contribution is -2.19. The van der Waals surface area contributed by atoms with E-state index < -0.39 is 0 Å². The number of benzene rings is 2. The Morgan fingerprint density at radius 2 is 1.85 bits per heavy atom. The summed E-state index contributed by atoms with van der Waals surface area (Å²) in [6.45, 7) is 2.47. The largest absolute Gasteiger partial charge is 0.494 e. The number of carbonyl (C=O) groups is 1. The number of carbonyl (C=O) groups excluding carboxylic acids is 1. The summed E-state index contributed by atoms with van der Waals surface area (Å²) in [6.07, 6.45) is 1.79. The zero-order chi connectivity index (χ0) is 19.2. The molecule has 1 aliphatic heterocycles. The SMILES string of the molecule is CCOc1ccc(C=C2SC(=Nc3ccccc3OC)NC2=O)cc1OC. The van der Waals surface area contributed by atoms with Crippen LogP contribution in [0.2, 0.25) is 0 Å². The summed E-state index contributed by atoms with van der Waals surface area (Å²) in [4.78, 5) is 17.3. The molecule has 1 amide bonds. The van der Waals surface area contributed by atoms with Crippen LogP contribution < -0.4 is 19.5 Å². The Kier molecular flexibility index (Phi) is 6.03. The van der Waals surface area contributed by atoms with Gasteiger partial charge in [-0.05, 0) is 54.6 Å². The van der Waals surface area contributed by atoms with Gasteiger partial charge >= 0.3 is 0 Å². The van der Waals surface area contributed by atoms with Crippen LogP contribution in [0.3, 0.4) is 0 Å². The van der Waals surface area contributed by atoms with Crippen LogP contribution in [0, 0.1) is 0 Å². The number of nitrogens with zero attached hydrogens (tertiary/aromatic N) is 1. The third-order valence-corrected chi connectivity index (χ3v) is 4.65. The molecule has 1 heterocycles. The first-order valence-electron chi connectivity index (χ1n) is 8.38. The predicted molar refractivity (Wildman–Crippen MR) is 108 cm³/mol. The number of para-hydroxylation sites is 2. The Morgan fingerprint density at radius 3 is 2.59 bits per heavy atom. The number of amidine groups is 1. The quantitative estimate of drug-likeness (QED) is 0.763. The summed E-state index contributed by atoms with van der Waals surface area (Å²) >= 11 is 1.28. The van der Waals surface area contributed by atoms with Crippen molar-refractivity contribution < 1.29 is 19.0 Å². The number of hydrogen-bond donors (Lipinski definition) is 1. The van der Waals surface area contributed by atoms with E-state index >= 15 is 0 Å². The van der Waals surface area contributed by atoms with Crippen molar-refractivity contribution in [2.24, 2.45) is 4.99 Å². The molecule has 0 bridgehead atoms. The number of nitrogens with one attached hydrogen (secondary N) is 1. The highest BCUT2D eigenvalue weighted by Gasteiger charge is 2.24. The average molecular weight is 384 g/mol. The highest BCUT2D eigenvalue weighted by atomic mass is 32.2. The molecule has 0 radical (unpaired) electrons. The molecule has 1 aliphatic rings. The Balaban J connectivity index is 1.84. The lowest BCUT2D eigenvalue weighted by atomic mass is 10.2. The van der Waals surface area contributed by atoms with Crippen molar-refractivity contribution in [3.63, 3.8) is 0 Å². The molecular formula is C20H20N2O4S. The minimum Gasteiger partial charge on any atom is -0.494 e. The molecule has 1 fully saturated rings. The smallest absolute Gasteiger partial charge is 0.264 e. The van der Waals surface area contributed by atoms with E-state index in [9.17, 15) is 4.79 Å². The van der Waals surface area contributed by atoms with E-state index in [1.165, 1.54) is 11.8 Å². The van der Waals surface area contributed by atoms with Crippen LogP contribution in [0.25, 0.3) is 6.08 Å². The van der Waals surface area contributed by atoms with Crippen LogP contribution >= 0.6 is 11.8 Å². The first-order chi connectivity index (χ1) is 13.1. The van der Waals surface area contributed by atoms with E-state index in [-0.39, 0.29) is 5.91 Å². The highest BCUT2D eigenvalue weighted by molar-refractivity contribution is 8.18. The van der Waals surface area contributed by atoms with Crippen LogP contribution in [-0.2, 0) is 4.79 Å². The fraction of sp³-hybridized carbons (Fsp3) is 0.200. The van der Waals surface area contributed by atoms with E-state index in [4.69, 9.17) is 14.2 Å². The van der Waals surface area contributed by atoms with Crippen molar-refractivity contribution in [1.82, 2.24) is 5.32 Å². The topological polar surface area (TPSA) is 69.2 Å². The van der Waals surface area contributed by atoms with Gasteiger partial charge in [-0.3, -0.25) is 4.79 Å². The second kappa shape index (κ2) is 8.64. The molecule has 140 valence electrons. The summed E-state index contributed by atoms with van der Waals surface area (Å²) < 4.78 is 16.2. The van der Waals surface area contributed by atoms with E-state index in [1.54, 1.807) is 20.3 Å². The van der Waals surface area contributed by atoms with Gasteiger partial charge < -0.3 is 19.5 Å². The third kappa shape index (κ3) is 4.43. The monoisotopic (exact) mass is 384 g/mol. The number of ether oxygens (including phenoxy) is 3. The van der Waals surface area contributed by atoms with E-state index in [2.05, 4.69) is 10.3 Å². The minimum atomic E-state index is -0.193. The van der Waals surface area contributed by atoms with Crippen LogP contribution in [0.15, 0.2) is 52.4 Å². The van der Waals surface area contributed by atoms with Gasteiger partial charge in [0.15, 0.2) is 16.7 Å². The molecule has 0 atom stereocenters. The molecule has 2 aromatic rings. The highest BCUT2D eigenvalue weighted by Crippen LogP contribution is 2.33. The lowest BCUT2D eigenvalue weighted by Gasteiger charge is -2.09. The van der Waals surface area contributed by atoms with Crippen molar-refractivity contribution >= 4 is 34.6 Å². The van der Waals surface area contributed by atoms with E-state index in [0.717, 1.165) is 5.56 Å². The van der Waals surface area contributed by atoms with Gasteiger partial charge in [0.05, 0.1) is 25.7 Å². The fourth-order valence-corrected chi connectivity index (χ4v) is 3.35. The number of rotatable bonds is 6. The predicted octanol–water partition coefficient (Wildman–Crippen LogP) is 3.99. The molecule has 0 spiro atoms. The fourth-order valence-electron chi connectivity index (χ4n) is 2.51. The molecule has 0 aromatic heterocycles. The van der Waals surface area contributed by atoms with Crippen molar-refractivity contribution in [3.8, 4) is 17.2 Å². The molecule has 27 heavy (non-hydrogen) atoms. The number of aliphatic imine (C=N–C) groups is 1. The standard InChI is InChI=1S/C20H20N2O4S/c1-4-26-16-10-9-13(11-17(16)25-3)12-18-19(23)22-20(27-18)21-14-7-5-6-8-15(14)24-2/h5-12H,4H2,1-3H3,(H,21,22,23). The van der Waals surface area contributed by atoms with Gasteiger partial charge in [-0.2, -0.15) is 0 Å². The first kappa shape index (κ1) is 18.8. The maximum atomic E-state index is 12.3. The lowest BCUT2D eigenvalue weighted by molar-refractivity contribution is -0.115.